The molecule has 0 radical (unpaired) electrons. The van der Waals surface area contributed by atoms with Crippen LogP contribution in [0.15, 0.2) is 11.9 Å². The van der Waals surface area contributed by atoms with Crippen molar-refractivity contribution in [1.29, 1.82) is 0 Å². The van der Waals surface area contributed by atoms with Gasteiger partial charge in [-0.25, -0.2) is 0 Å². The topological polar surface area (TPSA) is 29.3 Å². The van der Waals surface area contributed by atoms with Crippen LogP contribution in [0.4, 0.5) is 0 Å². The van der Waals surface area contributed by atoms with Crippen molar-refractivity contribution in [2.75, 3.05) is 13.1 Å². The molecule has 1 heterocycles. The smallest absolute Gasteiger partial charge is 0.0945 e. The lowest BCUT2D eigenvalue weighted by Gasteiger charge is -2.23. The van der Waals surface area contributed by atoms with E-state index in [0.29, 0.717) is 0 Å². The molecule has 0 bridgehead atoms. The maximum absolute atomic E-state index is 6.11. The van der Waals surface area contributed by atoms with Crippen LogP contribution in [0.2, 0.25) is 0 Å². The minimum Gasteiger partial charge on any atom is -0.386 e. The Kier molecular flexibility index (Phi) is 5.59. The number of rotatable bonds is 4. The van der Waals surface area contributed by atoms with Crippen molar-refractivity contribution in [2.24, 2.45) is 11.7 Å². The van der Waals surface area contributed by atoms with Crippen LogP contribution in [-0.2, 0) is 0 Å². The Balaban J connectivity index is 2.39. The van der Waals surface area contributed by atoms with Gasteiger partial charge < -0.3 is 10.6 Å². The zero-order chi connectivity index (χ0) is 11.1. The minimum atomic E-state index is 0.760. The van der Waals surface area contributed by atoms with Crippen molar-refractivity contribution >= 4 is 0 Å². The molecule has 0 saturated carbocycles. The van der Waals surface area contributed by atoms with Crippen LogP contribution in [0.5, 0.6) is 0 Å². The molecule has 1 aliphatic heterocycles. The molecule has 15 heavy (non-hydrogen) atoms. The minimum absolute atomic E-state index is 0.760. The van der Waals surface area contributed by atoms with E-state index in [4.69, 9.17) is 5.73 Å². The standard InChI is InChI=1S/C13H26N2/c1-3-12(2)8-9-13(14)15-10-6-4-5-7-11-15/h9,12H,3-8,10-11,14H2,1-2H3/b13-9+. The molecular formula is C13H26N2. The number of hydrogen-bond donors (Lipinski definition) is 1. The average Bonchev–Trinajstić information content (AvgIpc) is 2.53. The van der Waals surface area contributed by atoms with E-state index in [-0.39, 0.29) is 0 Å². The summed E-state index contributed by atoms with van der Waals surface area (Å²) in [6.07, 6.45) is 9.93. The van der Waals surface area contributed by atoms with Gasteiger partial charge in [-0.05, 0) is 31.3 Å². The van der Waals surface area contributed by atoms with E-state index in [1.54, 1.807) is 0 Å². The predicted molar refractivity (Wildman–Crippen MR) is 66.4 cm³/mol. The van der Waals surface area contributed by atoms with Crippen molar-refractivity contribution < 1.29 is 0 Å². The summed E-state index contributed by atoms with van der Waals surface area (Å²) >= 11 is 0. The highest BCUT2D eigenvalue weighted by Gasteiger charge is 2.09. The monoisotopic (exact) mass is 210 g/mol. The van der Waals surface area contributed by atoms with Crippen molar-refractivity contribution in [1.82, 2.24) is 4.90 Å². The van der Waals surface area contributed by atoms with E-state index in [1.165, 1.54) is 32.1 Å². The highest BCUT2D eigenvalue weighted by atomic mass is 15.2. The van der Waals surface area contributed by atoms with Crippen LogP contribution in [0.25, 0.3) is 0 Å². The van der Waals surface area contributed by atoms with Gasteiger partial charge in [0.05, 0.1) is 5.82 Å². The van der Waals surface area contributed by atoms with E-state index < -0.39 is 0 Å². The van der Waals surface area contributed by atoms with Crippen LogP contribution in [0.3, 0.4) is 0 Å². The lowest BCUT2D eigenvalue weighted by molar-refractivity contribution is 0.351. The largest absolute Gasteiger partial charge is 0.386 e. The first-order valence-corrected chi connectivity index (χ1v) is 6.44. The third kappa shape index (κ3) is 4.59. The Morgan fingerprint density at radius 2 is 1.87 bits per heavy atom. The first kappa shape index (κ1) is 12.4. The highest BCUT2D eigenvalue weighted by Crippen LogP contribution is 2.14. The van der Waals surface area contributed by atoms with Gasteiger partial charge in [0.25, 0.3) is 0 Å². The molecule has 0 aromatic heterocycles. The molecule has 1 saturated heterocycles. The number of nitrogens with two attached hydrogens (primary N) is 1. The zero-order valence-electron chi connectivity index (χ0n) is 10.3. The summed E-state index contributed by atoms with van der Waals surface area (Å²) in [6, 6.07) is 0. The van der Waals surface area contributed by atoms with E-state index in [1.807, 2.05) is 0 Å². The van der Waals surface area contributed by atoms with Crippen molar-refractivity contribution in [3.63, 3.8) is 0 Å². The van der Waals surface area contributed by atoms with Gasteiger partial charge in [-0.1, -0.05) is 33.1 Å². The van der Waals surface area contributed by atoms with E-state index in [0.717, 1.165) is 31.2 Å². The Bertz CT molecular complexity index is 191. The maximum atomic E-state index is 6.11. The van der Waals surface area contributed by atoms with Gasteiger partial charge in [-0.15, -0.1) is 0 Å². The Hall–Kier alpha value is -0.660. The number of likely N-dealkylation sites (tertiary alicyclic amines) is 1. The fraction of sp³-hybridized carbons (Fsp3) is 0.846. The summed E-state index contributed by atoms with van der Waals surface area (Å²) in [4.78, 5) is 2.36. The van der Waals surface area contributed by atoms with Crippen LogP contribution in [-0.4, -0.2) is 18.0 Å². The quantitative estimate of drug-likeness (QED) is 0.772. The van der Waals surface area contributed by atoms with Gasteiger partial charge in [-0.3, -0.25) is 0 Å². The second-order valence-corrected chi connectivity index (χ2v) is 4.78. The van der Waals surface area contributed by atoms with Crippen molar-refractivity contribution in [3.8, 4) is 0 Å². The molecule has 0 aliphatic carbocycles. The maximum Gasteiger partial charge on any atom is 0.0945 e. The molecule has 0 aromatic rings. The fourth-order valence-electron chi connectivity index (χ4n) is 1.95. The van der Waals surface area contributed by atoms with Crippen molar-refractivity contribution in [3.05, 3.63) is 11.9 Å². The van der Waals surface area contributed by atoms with Crippen LogP contribution >= 0.6 is 0 Å². The summed E-state index contributed by atoms with van der Waals surface area (Å²) in [5.74, 6) is 1.77. The third-order valence-electron chi connectivity index (χ3n) is 3.40. The number of allylic oxidation sites excluding steroid dienone is 1. The SMILES string of the molecule is CCC(C)C/C=C(\N)N1CCCCCC1. The molecule has 1 aliphatic rings. The highest BCUT2D eigenvalue weighted by molar-refractivity contribution is 4.97. The first-order chi connectivity index (χ1) is 7.24. The molecule has 2 N–H and O–H groups in total. The van der Waals surface area contributed by atoms with Gasteiger partial charge in [0.1, 0.15) is 0 Å². The Labute approximate surface area is 94.5 Å². The summed E-state index contributed by atoms with van der Waals surface area (Å²) in [7, 11) is 0. The molecule has 1 unspecified atom stereocenters. The molecule has 2 nitrogen and oxygen atoms in total. The summed E-state index contributed by atoms with van der Waals surface area (Å²) < 4.78 is 0. The lowest BCUT2D eigenvalue weighted by atomic mass is 10.1. The van der Waals surface area contributed by atoms with Gasteiger partial charge in [0, 0.05) is 13.1 Å². The van der Waals surface area contributed by atoms with Crippen LogP contribution in [0.1, 0.15) is 52.4 Å². The van der Waals surface area contributed by atoms with Gasteiger partial charge in [0.2, 0.25) is 0 Å². The molecule has 0 aromatic carbocycles. The van der Waals surface area contributed by atoms with E-state index >= 15 is 0 Å². The van der Waals surface area contributed by atoms with Crippen LogP contribution < -0.4 is 5.73 Å². The number of nitrogens with zero attached hydrogens (tertiary/aromatic N) is 1. The molecule has 88 valence electrons. The van der Waals surface area contributed by atoms with Gasteiger partial charge in [-0.2, -0.15) is 0 Å². The van der Waals surface area contributed by atoms with Gasteiger partial charge >= 0.3 is 0 Å². The Morgan fingerprint density at radius 3 is 2.40 bits per heavy atom. The summed E-state index contributed by atoms with van der Waals surface area (Å²) in [5, 5.41) is 0. The first-order valence-electron chi connectivity index (χ1n) is 6.44. The lowest BCUT2D eigenvalue weighted by Crippen LogP contribution is -2.28. The van der Waals surface area contributed by atoms with Gasteiger partial charge in [0.15, 0.2) is 0 Å². The molecule has 1 fully saturated rings. The average molecular weight is 210 g/mol. The molecule has 0 spiro atoms. The Morgan fingerprint density at radius 1 is 1.27 bits per heavy atom. The van der Waals surface area contributed by atoms with Crippen LogP contribution in [0, 0.1) is 5.92 Å². The summed E-state index contributed by atoms with van der Waals surface area (Å²) in [5.41, 5.74) is 6.11. The van der Waals surface area contributed by atoms with E-state index in [9.17, 15) is 0 Å². The predicted octanol–water partition coefficient (Wildman–Crippen LogP) is 3.10. The normalized spacial score (nSPS) is 21.2. The van der Waals surface area contributed by atoms with E-state index in [2.05, 4.69) is 24.8 Å². The molecule has 1 atom stereocenters. The summed E-state index contributed by atoms with van der Waals surface area (Å²) in [6.45, 7) is 6.83. The third-order valence-corrected chi connectivity index (χ3v) is 3.40. The molecule has 2 heteroatoms. The molecular weight excluding hydrogens is 184 g/mol. The second kappa shape index (κ2) is 6.76. The van der Waals surface area contributed by atoms with Crippen molar-refractivity contribution in [2.45, 2.75) is 52.4 Å². The fourth-order valence-corrected chi connectivity index (χ4v) is 1.95. The second-order valence-electron chi connectivity index (χ2n) is 4.78. The zero-order valence-corrected chi connectivity index (χ0v) is 10.3. The number of hydrogen-bond acceptors (Lipinski definition) is 2. The molecule has 0 amide bonds. The molecule has 1 rings (SSSR count).